The molecule has 39 heavy (non-hydrogen) atoms. The summed E-state index contributed by atoms with van der Waals surface area (Å²) >= 11 is 0. The summed E-state index contributed by atoms with van der Waals surface area (Å²) in [6.07, 6.45) is 0.666. The van der Waals surface area contributed by atoms with Crippen molar-refractivity contribution in [2.75, 3.05) is 4.90 Å². The van der Waals surface area contributed by atoms with Crippen LogP contribution in [-0.4, -0.2) is 22.9 Å². The van der Waals surface area contributed by atoms with Crippen molar-refractivity contribution in [2.24, 2.45) is 0 Å². The number of Topliss-reactive ketones (excluding diaryl/α,β-unsaturated/α-hetero) is 1. The van der Waals surface area contributed by atoms with Gasteiger partial charge in [-0.2, -0.15) is 0 Å². The Bertz CT molecular complexity index is 1630. The molecule has 0 aliphatic carbocycles. The lowest BCUT2D eigenvalue weighted by Crippen LogP contribution is -2.29. The Hall–Kier alpha value is -4.91. The van der Waals surface area contributed by atoms with Crippen LogP contribution in [0.2, 0.25) is 0 Å². The fourth-order valence-corrected chi connectivity index (χ4v) is 5.14. The molecule has 2 aliphatic rings. The van der Waals surface area contributed by atoms with Gasteiger partial charge in [0.1, 0.15) is 34.9 Å². The van der Waals surface area contributed by atoms with Gasteiger partial charge in [0.15, 0.2) is 0 Å². The highest BCUT2D eigenvalue weighted by Gasteiger charge is 2.47. The van der Waals surface area contributed by atoms with Gasteiger partial charge in [-0.15, -0.1) is 0 Å². The molecule has 0 saturated carbocycles. The molecular weight excluding hydrogens is 497 g/mol. The average molecular weight is 522 g/mol. The van der Waals surface area contributed by atoms with Gasteiger partial charge in [0.2, 0.25) is 0 Å². The molecule has 1 N–H and O–H groups in total. The van der Waals surface area contributed by atoms with Crippen molar-refractivity contribution >= 4 is 23.1 Å². The number of aliphatic hydroxyl groups is 1. The SMILES string of the molecule is CC1Cc2cc(/C(O)=C3/C(=O)C(=O)N(c4cccc(F)c4)C3c3cccc(Oc4ccccc4)c3)ccc2O1. The number of halogens is 1. The van der Waals surface area contributed by atoms with E-state index in [1.165, 1.54) is 23.1 Å². The summed E-state index contributed by atoms with van der Waals surface area (Å²) in [5.74, 6) is -0.769. The van der Waals surface area contributed by atoms with E-state index in [-0.39, 0.29) is 23.1 Å². The zero-order valence-electron chi connectivity index (χ0n) is 21.0. The molecule has 0 bridgehead atoms. The Balaban J connectivity index is 1.50. The highest BCUT2D eigenvalue weighted by molar-refractivity contribution is 6.51. The molecule has 2 aliphatic heterocycles. The number of carbonyl (C=O) groups is 2. The molecule has 6 rings (SSSR count). The molecule has 2 unspecified atom stereocenters. The molecule has 0 radical (unpaired) electrons. The third-order valence-corrected chi connectivity index (χ3v) is 6.85. The van der Waals surface area contributed by atoms with Crippen LogP contribution in [0.25, 0.3) is 5.76 Å². The lowest BCUT2D eigenvalue weighted by atomic mass is 9.94. The van der Waals surface area contributed by atoms with E-state index in [2.05, 4.69) is 0 Å². The van der Waals surface area contributed by atoms with Gasteiger partial charge >= 0.3 is 0 Å². The van der Waals surface area contributed by atoms with E-state index in [0.29, 0.717) is 29.0 Å². The first-order valence-electron chi connectivity index (χ1n) is 12.6. The smallest absolute Gasteiger partial charge is 0.300 e. The van der Waals surface area contributed by atoms with E-state index in [0.717, 1.165) is 11.3 Å². The van der Waals surface area contributed by atoms with Crippen LogP contribution in [0.5, 0.6) is 17.2 Å². The number of carbonyl (C=O) groups excluding carboxylic acids is 2. The second-order valence-electron chi connectivity index (χ2n) is 9.59. The van der Waals surface area contributed by atoms with Crippen LogP contribution < -0.4 is 14.4 Å². The van der Waals surface area contributed by atoms with Gasteiger partial charge in [0, 0.05) is 17.7 Å². The number of hydrogen-bond acceptors (Lipinski definition) is 5. The predicted octanol–water partition coefficient (Wildman–Crippen LogP) is 6.57. The van der Waals surface area contributed by atoms with E-state index < -0.39 is 23.5 Å². The van der Waals surface area contributed by atoms with Gasteiger partial charge in [-0.25, -0.2) is 4.39 Å². The fraction of sp³-hybridized carbons (Fsp3) is 0.125. The number of benzene rings is 4. The van der Waals surface area contributed by atoms with Crippen molar-refractivity contribution in [3.05, 3.63) is 125 Å². The Labute approximate surface area is 224 Å². The summed E-state index contributed by atoms with van der Waals surface area (Å²) < 4.78 is 26.0. The van der Waals surface area contributed by atoms with Gasteiger partial charge in [-0.05, 0) is 78.7 Å². The maximum atomic E-state index is 14.2. The van der Waals surface area contributed by atoms with Crippen LogP contribution in [0, 0.1) is 5.82 Å². The van der Waals surface area contributed by atoms with Crippen molar-refractivity contribution in [3.63, 3.8) is 0 Å². The molecule has 2 heterocycles. The Morgan fingerprint density at radius 1 is 0.923 bits per heavy atom. The van der Waals surface area contributed by atoms with Crippen LogP contribution in [0.3, 0.4) is 0 Å². The minimum Gasteiger partial charge on any atom is -0.507 e. The van der Waals surface area contributed by atoms with E-state index in [9.17, 15) is 19.1 Å². The van der Waals surface area contributed by atoms with Gasteiger partial charge in [0.05, 0.1) is 11.6 Å². The second kappa shape index (κ2) is 9.76. The second-order valence-corrected chi connectivity index (χ2v) is 9.59. The molecule has 194 valence electrons. The Kier molecular flexibility index (Phi) is 6.11. The first-order chi connectivity index (χ1) is 18.9. The number of amides is 1. The Morgan fingerprint density at radius 2 is 1.69 bits per heavy atom. The lowest BCUT2D eigenvalue weighted by Gasteiger charge is -2.26. The van der Waals surface area contributed by atoms with Crippen molar-refractivity contribution in [1.82, 2.24) is 0 Å². The first-order valence-corrected chi connectivity index (χ1v) is 12.6. The molecule has 6 nitrogen and oxygen atoms in total. The topological polar surface area (TPSA) is 76.1 Å². The summed E-state index contributed by atoms with van der Waals surface area (Å²) in [6, 6.07) is 25.8. The normalized spacial score (nSPS) is 19.6. The van der Waals surface area contributed by atoms with Gasteiger partial charge < -0.3 is 14.6 Å². The molecule has 0 aromatic heterocycles. The Morgan fingerprint density at radius 3 is 2.49 bits per heavy atom. The van der Waals surface area contributed by atoms with Crippen LogP contribution in [-0.2, 0) is 16.0 Å². The summed E-state index contributed by atoms with van der Waals surface area (Å²) in [5, 5.41) is 11.5. The molecule has 1 fully saturated rings. The maximum Gasteiger partial charge on any atom is 0.300 e. The van der Waals surface area contributed by atoms with Crippen molar-refractivity contribution < 1.29 is 28.6 Å². The van der Waals surface area contributed by atoms with Crippen LogP contribution >= 0.6 is 0 Å². The number of ether oxygens (including phenoxy) is 2. The van der Waals surface area contributed by atoms with Gasteiger partial charge in [0.25, 0.3) is 11.7 Å². The van der Waals surface area contributed by atoms with Crippen LogP contribution in [0.4, 0.5) is 10.1 Å². The van der Waals surface area contributed by atoms with Crippen molar-refractivity contribution in [1.29, 1.82) is 0 Å². The maximum absolute atomic E-state index is 14.2. The van der Waals surface area contributed by atoms with Crippen LogP contribution in [0.15, 0.2) is 103 Å². The molecule has 0 spiro atoms. The molecule has 1 amide bonds. The van der Waals surface area contributed by atoms with Gasteiger partial charge in [-0.3, -0.25) is 14.5 Å². The summed E-state index contributed by atoms with van der Waals surface area (Å²) in [6.45, 7) is 1.95. The number of rotatable bonds is 5. The third-order valence-electron chi connectivity index (χ3n) is 6.85. The zero-order valence-corrected chi connectivity index (χ0v) is 21.0. The number of nitrogens with zero attached hydrogens (tertiary/aromatic N) is 1. The largest absolute Gasteiger partial charge is 0.507 e. The van der Waals surface area contributed by atoms with E-state index in [4.69, 9.17) is 9.47 Å². The summed E-state index contributed by atoms with van der Waals surface area (Å²) in [7, 11) is 0. The van der Waals surface area contributed by atoms with Gasteiger partial charge in [-0.1, -0.05) is 36.4 Å². The molecule has 4 aromatic carbocycles. The molecule has 7 heteroatoms. The third kappa shape index (κ3) is 4.52. The quantitative estimate of drug-likeness (QED) is 0.183. The summed E-state index contributed by atoms with van der Waals surface area (Å²) in [5.41, 5.74) is 1.93. The van der Waals surface area contributed by atoms with Crippen molar-refractivity contribution in [2.45, 2.75) is 25.5 Å². The minimum absolute atomic E-state index is 0.00306. The number of anilines is 1. The van der Waals surface area contributed by atoms with E-state index >= 15 is 0 Å². The van der Waals surface area contributed by atoms with Crippen LogP contribution in [0.1, 0.15) is 29.7 Å². The predicted molar refractivity (Wildman–Crippen MR) is 144 cm³/mol. The number of aliphatic hydroxyl groups excluding tert-OH is 1. The molecule has 1 saturated heterocycles. The molecule has 4 aromatic rings. The number of fused-ring (bicyclic) bond motifs is 1. The van der Waals surface area contributed by atoms with Crippen molar-refractivity contribution in [3.8, 4) is 17.2 Å². The van der Waals surface area contributed by atoms with E-state index in [1.807, 2.05) is 37.3 Å². The lowest BCUT2D eigenvalue weighted by molar-refractivity contribution is -0.132. The number of ketones is 1. The number of hydrogen-bond donors (Lipinski definition) is 1. The highest BCUT2D eigenvalue weighted by atomic mass is 19.1. The average Bonchev–Trinajstić information content (AvgIpc) is 3.44. The molecule has 2 atom stereocenters. The first kappa shape index (κ1) is 24.4. The highest BCUT2D eigenvalue weighted by Crippen LogP contribution is 2.44. The number of para-hydroxylation sites is 1. The standard InChI is InChI=1S/C32H24FNO5/c1-19-15-22-16-21(13-14-27(22)38-19)30(35)28-29(34(32(37)31(28)36)24-9-6-8-23(33)18-24)20-7-5-12-26(17-20)39-25-10-3-2-4-11-25/h2-14,16-19,29,35H,15H2,1H3/b30-28-. The van der Waals surface area contributed by atoms with E-state index in [1.54, 1.807) is 48.5 Å². The fourth-order valence-electron chi connectivity index (χ4n) is 5.14. The summed E-state index contributed by atoms with van der Waals surface area (Å²) in [4.78, 5) is 28.1. The minimum atomic E-state index is -1.02. The monoisotopic (exact) mass is 521 g/mol. The molecular formula is C32H24FNO5. The zero-order chi connectivity index (χ0) is 27.1.